The maximum atomic E-state index is 12.8. The van der Waals surface area contributed by atoms with Crippen molar-refractivity contribution in [2.45, 2.75) is 26.2 Å². The monoisotopic (exact) mass is 368 g/mol. The quantitative estimate of drug-likeness (QED) is 0.716. The Morgan fingerprint density at radius 1 is 1.45 bits per heavy atom. The van der Waals surface area contributed by atoms with E-state index in [9.17, 15) is 4.79 Å². The van der Waals surface area contributed by atoms with E-state index in [1.54, 1.807) is 0 Å². The molecule has 0 aliphatic carbocycles. The number of benzene rings is 1. The minimum atomic E-state index is 0.0784. The molecule has 0 radical (unpaired) electrons. The highest BCUT2D eigenvalue weighted by atomic mass is 79.9. The second-order valence-electron chi connectivity index (χ2n) is 5.63. The molecule has 0 spiro atoms. The van der Waals surface area contributed by atoms with Gasteiger partial charge < -0.3 is 15.0 Å². The molecule has 1 aromatic rings. The summed E-state index contributed by atoms with van der Waals surface area (Å²) in [5.74, 6) is 0.275. The van der Waals surface area contributed by atoms with Crippen molar-refractivity contribution >= 4 is 27.5 Å². The van der Waals surface area contributed by atoms with Crippen LogP contribution in [0.25, 0.3) is 0 Å². The van der Waals surface area contributed by atoms with Crippen molar-refractivity contribution < 1.29 is 9.53 Å². The van der Waals surface area contributed by atoms with Crippen LogP contribution in [0.4, 0.5) is 5.69 Å². The van der Waals surface area contributed by atoms with E-state index < -0.39 is 0 Å². The first kappa shape index (κ1) is 17.4. The Labute approximate surface area is 141 Å². The maximum Gasteiger partial charge on any atom is 0.231 e. The molecule has 1 unspecified atom stereocenters. The third kappa shape index (κ3) is 5.07. The van der Waals surface area contributed by atoms with Crippen LogP contribution in [0.5, 0.6) is 0 Å². The predicted octanol–water partition coefficient (Wildman–Crippen LogP) is 3.21. The minimum absolute atomic E-state index is 0.0784. The van der Waals surface area contributed by atoms with E-state index in [1.807, 2.05) is 29.2 Å². The Kier molecular flexibility index (Phi) is 7.36. The molecule has 1 aliphatic rings. The first-order valence-electron chi connectivity index (χ1n) is 8.07. The van der Waals surface area contributed by atoms with Gasteiger partial charge in [0.1, 0.15) is 0 Å². The van der Waals surface area contributed by atoms with Crippen LogP contribution in [0.3, 0.4) is 0 Å². The van der Waals surface area contributed by atoms with Gasteiger partial charge >= 0.3 is 0 Å². The number of halogens is 1. The van der Waals surface area contributed by atoms with E-state index in [0.717, 1.165) is 49.1 Å². The van der Waals surface area contributed by atoms with Gasteiger partial charge in [0, 0.05) is 29.9 Å². The molecule has 1 saturated heterocycles. The second-order valence-corrected chi connectivity index (χ2v) is 6.54. The number of carbonyl (C=O) groups excluding carboxylic acids is 1. The predicted molar refractivity (Wildman–Crippen MR) is 93.2 cm³/mol. The molecule has 1 N–H and O–H groups in total. The van der Waals surface area contributed by atoms with Crippen molar-refractivity contribution in [1.82, 2.24) is 5.32 Å². The third-order valence-electron chi connectivity index (χ3n) is 3.90. The number of hydrogen-bond acceptors (Lipinski definition) is 3. The first-order valence-corrected chi connectivity index (χ1v) is 8.87. The lowest BCUT2D eigenvalue weighted by atomic mass is 10.1. The molecule has 4 nitrogen and oxygen atoms in total. The number of nitrogens with one attached hydrogen (secondary N) is 1. The van der Waals surface area contributed by atoms with Crippen molar-refractivity contribution in [1.29, 1.82) is 0 Å². The zero-order chi connectivity index (χ0) is 15.8. The number of amides is 1. The number of rotatable bonds is 8. The highest BCUT2D eigenvalue weighted by Gasteiger charge is 2.27. The van der Waals surface area contributed by atoms with Gasteiger partial charge in [-0.2, -0.15) is 0 Å². The maximum absolute atomic E-state index is 12.8. The van der Waals surface area contributed by atoms with Gasteiger partial charge in [-0.3, -0.25) is 4.79 Å². The van der Waals surface area contributed by atoms with Crippen molar-refractivity contribution in [2.24, 2.45) is 5.92 Å². The zero-order valence-electron chi connectivity index (χ0n) is 13.2. The average Bonchev–Trinajstić information content (AvgIpc) is 3.04. The summed E-state index contributed by atoms with van der Waals surface area (Å²) in [5.41, 5.74) is 0.936. The van der Waals surface area contributed by atoms with Crippen LogP contribution >= 0.6 is 15.9 Å². The van der Waals surface area contributed by atoms with Gasteiger partial charge in [-0.1, -0.05) is 35.3 Å². The van der Waals surface area contributed by atoms with E-state index in [1.165, 1.54) is 0 Å². The number of anilines is 1. The highest BCUT2D eigenvalue weighted by Crippen LogP contribution is 2.23. The summed E-state index contributed by atoms with van der Waals surface area (Å²) >= 11 is 3.48. The minimum Gasteiger partial charge on any atom is -0.380 e. The Bertz CT molecular complexity index is 475. The van der Waals surface area contributed by atoms with Gasteiger partial charge in [-0.05, 0) is 37.6 Å². The number of unbranched alkanes of at least 4 members (excludes halogenated alkanes) is 1. The molecule has 1 amide bonds. The molecule has 1 aromatic carbocycles. The third-order valence-corrected chi connectivity index (χ3v) is 4.39. The van der Waals surface area contributed by atoms with Gasteiger partial charge in [0.15, 0.2) is 0 Å². The summed E-state index contributed by atoms with van der Waals surface area (Å²) in [6.45, 7) is 5.81. The van der Waals surface area contributed by atoms with Gasteiger partial charge in [0.2, 0.25) is 5.91 Å². The number of ether oxygens (including phenoxy) is 1. The molecule has 5 heteroatoms. The van der Waals surface area contributed by atoms with E-state index in [2.05, 4.69) is 28.2 Å². The fraction of sp³-hybridized carbons (Fsp3) is 0.588. The van der Waals surface area contributed by atoms with E-state index in [0.29, 0.717) is 13.2 Å². The Balaban J connectivity index is 2.01. The molecule has 0 aromatic heterocycles. The molecular formula is C17H25BrN2O2. The molecule has 0 bridgehead atoms. The lowest BCUT2D eigenvalue weighted by Gasteiger charge is -2.25. The fourth-order valence-electron chi connectivity index (χ4n) is 2.60. The molecule has 0 saturated carbocycles. The summed E-state index contributed by atoms with van der Waals surface area (Å²) in [4.78, 5) is 14.7. The average molecular weight is 369 g/mol. The lowest BCUT2D eigenvalue weighted by Crippen LogP contribution is -2.39. The van der Waals surface area contributed by atoms with Gasteiger partial charge in [-0.25, -0.2) is 0 Å². The van der Waals surface area contributed by atoms with E-state index in [-0.39, 0.29) is 11.8 Å². The number of carbonyl (C=O) groups is 1. The number of nitrogens with zero attached hydrogens (tertiary/aromatic N) is 1. The molecule has 2 rings (SSSR count). The van der Waals surface area contributed by atoms with Crippen LogP contribution in [-0.2, 0) is 9.53 Å². The van der Waals surface area contributed by atoms with Gasteiger partial charge in [0.25, 0.3) is 0 Å². The topological polar surface area (TPSA) is 41.6 Å². The SMILES string of the molecule is CCCCOCCN(C(=O)C1CCNC1)c1cccc(Br)c1. The first-order chi connectivity index (χ1) is 10.7. The van der Waals surface area contributed by atoms with Crippen LogP contribution in [0, 0.1) is 5.92 Å². The Hall–Kier alpha value is -0.910. The molecular weight excluding hydrogens is 344 g/mol. The highest BCUT2D eigenvalue weighted by molar-refractivity contribution is 9.10. The molecule has 1 atom stereocenters. The molecule has 1 heterocycles. The van der Waals surface area contributed by atoms with Crippen molar-refractivity contribution in [3.05, 3.63) is 28.7 Å². The van der Waals surface area contributed by atoms with Crippen LogP contribution in [-0.4, -0.2) is 38.8 Å². The van der Waals surface area contributed by atoms with E-state index in [4.69, 9.17) is 4.74 Å². The number of hydrogen-bond donors (Lipinski definition) is 1. The van der Waals surface area contributed by atoms with E-state index >= 15 is 0 Å². The van der Waals surface area contributed by atoms with Gasteiger partial charge in [0.05, 0.1) is 12.5 Å². The summed E-state index contributed by atoms with van der Waals surface area (Å²) in [6.07, 6.45) is 3.11. The molecule has 1 aliphatic heterocycles. The lowest BCUT2D eigenvalue weighted by molar-refractivity contribution is -0.122. The van der Waals surface area contributed by atoms with Crippen LogP contribution in [0.2, 0.25) is 0 Å². The van der Waals surface area contributed by atoms with Crippen molar-refractivity contribution in [2.75, 3.05) is 37.7 Å². The van der Waals surface area contributed by atoms with Crippen molar-refractivity contribution in [3.63, 3.8) is 0 Å². The smallest absolute Gasteiger partial charge is 0.231 e. The molecule has 22 heavy (non-hydrogen) atoms. The summed E-state index contributed by atoms with van der Waals surface area (Å²) < 4.78 is 6.63. The Morgan fingerprint density at radius 2 is 2.32 bits per heavy atom. The fourth-order valence-corrected chi connectivity index (χ4v) is 2.99. The largest absolute Gasteiger partial charge is 0.380 e. The van der Waals surface area contributed by atoms with Crippen LogP contribution in [0.15, 0.2) is 28.7 Å². The summed E-state index contributed by atoms with van der Waals surface area (Å²) in [6, 6.07) is 7.91. The normalized spacial score (nSPS) is 17.6. The standard InChI is InChI=1S/C17H25BrN2O2/c1-2-3-10-22-11-9-20(16-6-4-5-15(18)12-16)17(21)14-7-8-19-13-14/h4-6,12,14,19H,2-3,7-11,13H2,1H3. The van der Waals surface area contributed by atoms with Crippen LogP contribution < -0.4 is 10.2 Å². The summed E-state index contributed by atoms with van der Waals surface area (Å²) in [5, 5.41) is 3.27. The Morgan fingerprint density at radius 3 is 3.00 bits per heavy atom. The van der Waals surface area contributed by atoms with Crippen molar-refractivity contribution in [3.8, 4) is 0 Å². The second kappa shape index (κ2) is 9.28. The van der Waals surface area contributed by atoms with Crippen LogP contribution in [0.1, 0.15) is 26.2 Å². The molecule has 1 fully saturated rings. The molecule has 122 valence electrons. The zero-order valence-corrected chi connectivity index (χ0v) is 14.8. The van der Waals surface area contributed by atoms with Gasteiger partial charge in [-0.15, -0.1) is 0 Å². The summed E-state index contributed by atoms with van der Waals surface area (Å²) in [7, 11) is 0.